The number of aliphatic imine (C=N–C) groups is 1. The van der Waals surface area contributed by atoms with Gasteiger partial charge in [-0.2, -0.15) is 5.10 Å². The van der Waals surface area contributed by atoms with Crippen LogP contribution in [-0.4, -0.2) is 59.0 Å². The lowest BCUT2D eigenvalue weighted by molar-refractivity contribution is -0.107. The monoisotopic (exact) mass is 345 g/mol. The molecule has 0 aromatic carbocycles. The zero-order valence-electron chi connectivity index (χ0n) is 15.9. The molecule has 4 atom stereocenters. The first kappa shape index (κ1) is 16.9. The van der Waals surface area contributed by atoms with E-state index in [4.69, 9.17) is 9.73 Å². The maximum atomic E-state index is 5.94. The Morgan fingerprint density at radius 3 is 3.00 bits per heavy atom. The summed E-state index contributed by atoms with van der Waals surface area (Å²) < 4.78 is 7.84. The van der Waals surface area contributed by atoms with Gasteiger partial charge in [-0.25, -0.2) is 0 Å². The number of aromatic nitrogens is 2. The molecule has 2 saturated heterocycles. The van der Waals surface area contributed by atoms with Crippen molar-refractivity contribution in [3.05, 3.63) is 18.0 Å². The molecule has 0 radical (unpaired) electrons. The van der Waals surface area contributed by atoms with Crippen LogP contribution in [0.2, 0.25) is 0 Å². The predicted octanol–water partition coefficient (Wildman–Crippen LogP) is 1.99. The molecule has 25 heavy (non-hydrogen) atoms. The summed E-state index contributed by atoms with van der Waals surface area (Å²) in [5.74, 6) is 2.26. The number of rotatable bonds is 3. The first-order valence-electron chi connectivity index (χ1n) is 9.66. The van der Waals surface area contributed by atoms with Crippen molar-refractivity contribution < 1.29 is 4.74 Å². The van der Waals surface area contributed by atoms with E-state index >= 15 is 0 Å². The van der Waals surface area contributed by atoms with Crippen molar-refractivity contribution in [3.63, 3.8) is 0 Å². The van der Waals surface area contributed by atoms with Crippen molar-refractivity contribution in [3.8, 4) is 0 Å². The molecule has 3 fully saturated rings. The Kier molecular flexibility index (Phi) is 4.26. The van der Waals surface area contributed by atoms with E-state index in [2.05, 4.69) is 42.3 Å². The lowest BCUT2D eigenvalue weighted by Crippen LogP contribution is -2.68. The number of fused-ring (bicyclic) bond motifs is 1. The van der Waals surface area contributed by atoms with Crippen LogP contribution in [0.1, 0.15) is 45.1 Å². The fourth-order valence-electron chi connectivity index (χ4n) is 5.02. The molecule has 1 aliphatic carbocycles. The molecule has 1 N–H and O–H groups in total. The number of nitrogens with zero attached hydrogens (tertiary/aromatic N) is 4. The third-order valence-electron chi connectivity index (χ3n) is 6.38. The molecule has 3 aliphatic rings. The Hall–Kier alpha value is -1.56. The molecule has 3 heterocycles. The van der Waals surface area contributed by atoms with Gasteiger partial charge in [0.2, 0.25) is 0 Å². The summed E-state index contributed by atoms with van der Waals surface area (Å²) >= 11 is 0. The summed E-state index contributed by atoms with van der Waals surface area (Å²) in [5, 5.41) is 8.14. The molecule has 1 aromatic heterocycles. The fourth-order valence-corrected chi connectivity index (χ4v) is 5.02. The van der Waals surface area contributed by atoms with Gasteiger partial charge in [-0.3, -0.25) is 9.67 Å². The molecule has 4 rings (SSSR count). The van der Waals surface area contributed by atoms with Crippen molar-refractivity contribution in [2.75, 3.05) is 26.2 Å². The molecule has 4 unspecified atom stereocenters. The normalized spacial score (nSPS) is 34.1. The minimum atomic E-state index is 0.179. The Bertz CT molecular complexity index is 652. The van der Waals surface area contributed by atoms with Gasteiger partial charge in [-0.05, 0) is 25.3 Å². The maximum Gasteiger partial charge on any atom is 0.194 e. The lowest BCUT2D eigenvalue weighted by atomic mass is 9.57. The van der Waals surface area contributed by atoms with Crippen molar-refractivity contribution in [1.29, 1.82) is 0 Å². The number of hydrogen-bond acceptors (Lipinski definition) is 3. The predicted molar refractivity (Wildman–Crippen MR) is 98.7 cm³/mol. The quantitative estimate of drug-likeness (QED) is 0.672. The molecule has 1 saturated carbocycles. The van der Waals surface area contributed by atoms with Gasteiger partial charge in [-0.15, -0.1) is 0 Å². The number of aryl methyl sites for hydroxylation is 1. The van der Waals surface area contributed by atoms with Crippen LogP contribution in [0.15, 0.2) is 17.4 Å². The third kappa shape index (κ3) is 2.84. The van der Waals surface area contributed by atoms with Crippen LogP contribution in [0.25, 0.3) is 0 Å². The zero-order valence-corrected chi connectivity index (χ0v) is 15.9. The molecular formula is C19H31N5O. The van der Waals surface area contributed by atoms with Gasteiger partial charge in [0.25, 0.3) is 0 Å². The van der Waals surface area contributed by atoms with Gasteiger partial charge in [0.15, 0.2) is 5.96 Å². The minimum absolute atomic E-state index is 0.179. The SMILES string of the molecule is CCN=C(NC1C2CCOC2C1(C)C)N1CCC(c2cnn(C)c2)C1. The molecule has 1 aromatic rings. The average Bonchev–Trinajstić information content (AvgIpc) is 3.30. The third-order valence-corrected chi connectivity index (χ3v) is 6.38. The van der Waals surface area contributed by atoms with Crippen LogP contribution in [0.5, 0.6) is 0 Å². The Morgan fingerprint density at radius 1 is 1.44 bits per heavy atom. The fraction of sp³-hybridized carbons (Fsp3) is 0.789. The summed E-state index contributed by atoms with van der Waals surface area (Å²) in [6.07, 6.45) is 6.90. The number of guanidine groups is 1. The number of nitrogens with one attached hydrogen (secondary N) is 1. The second kappa shape index (κ2) is 6.31. The second-order valence-electron chi connectivity index (χ2n) is 8.36. The van der Waals surface area contributed by atoms with Crippen LogP contribution < -0.4 is 5.32 Å². The highest BCUT2D eigenvalue weighted by Gasteiger charge is 2.59. The number of ether oxygens (including phenoxy) is 1. The Labute approximate surface area is 150 Å². The van der Waals surface area contributed by atoms with Gasteiger partial charge in [0.1, 0.15) is 0 Å². The van der Waals surface area contributed by atoms with E-state index in [0.717, 1.165) is 32.2 Å². The van der Waals surface area contributed by atoms with Gasteiger partial charge in [-0.1, -0.05) is 13.8 Å². The number of hydrogen-bond donors (Lipinski definition) is 1. The van der Waals surface area contributed by atoms with Gasteiger partial charge >= 0.3 is 0 Å². The highest BCUT2D eigenvalue weighted by molar-refractivity contribution is 5.81. The number of likely N-dealkylation sites (tertiary alicyclic amines) is 1. The highest BCUT2D eigenvalue weighted by atomic mass is 16.5. The van der Waals surface area contributed by atoms with E-state index in [0.29, 0.717) is 24.0 Å². The molecule has 2 aliphatic heterocycles. The van der Waals surface area contributed by atoms with Crippen molar-refractivity contribution in [1.82, 2.24) is 20.0 Å². The summed E-state index contributed by atoms with van der Waals surface area (Å²) in [6, 6.07) is 0.461. The lowest BCUT2D eigenvalue weighted by Gasteiger charge is -2.55. The Balaban J connectivity index is 1.45. The molecule has 0 amide bonds. The highest BCUT2D eigenvalue weighted by Crippen LogP contribution is 2.52. The minimum Gasteiger partial charge on any atom is -0.377 e. The average molecular weight is 345 g/mol. The standard InChI is InChI=1S/C19H31N5O/c1-5-20-18(22-16-15-7-9-25-17(15)19(16,2)3)24-8-6-13(12-24)14-10-21-23(4)11-14/h10-11,13,15-17H,5-9,12H2,1-4H3,(H,20,22). The molecule has 0 spiro atoms. The van der Waals surface area contributed by atoms with Crippen LogP contribution in [-0.2, 0) is 11.8 Å². The van der Waals surface area contributed by atoms with E-state index in [1.54, 1.807) is 0 Å². The summed E-state index contributed by atoms with van der Waals surface area (Å²) in [4.78, 5) is 7.24. The first-order valence-corrected chi connectivity index (χ1v) is 9.66. The molecule has 6 nitrogen and oxygen atoms in total. The van der Waals surface area contributed by atoms with Crippen LogP contribution >= 0.6 is 0 Å². The van der Waals surface area contributed by atoms with E-state index in [9.17, 15) is 0 Å². The van der Waals surface area contributed by atoms with E-state index in [1.165, 1.54) is 18.4 Å². The van der Waals surface area contributed by atoms with Gasteiger partial charge < -0.3 is 15.0 Å². The van der Waals surface area contributed by atoms with Crippen molar-refractivity contribution >= 4 is 5.96 Å². The van der Waals surface area contributed by atoms with Crippen molar-refractivity contribution in [2.45, 2.75) is 51.7 Å². The van der Waals surface area contributed by atoms with Crippen LogP contribution in [0.3, 0.4) is 0 Å². The first-order chi connectivity index (χ1) is 12.0. The molecule has 138 valence electrons. The summed E-state index contributed by atoms with van der Waals surface area (Å²) in [7, 11) is 1.99. The molecule has 0 bridgehead atoms. The van der Waals surface area contributed by atoms with Crippen molar-refractivity contribution in [2.24, 2.45) is 23.4 Å². The van der Waals surface area contributed by atoms with E-state index in [-0.39, 0.29) is 5.41 Å². The zero-order chi connectivity index (χ0) is 17.6. The van der Waals surface area contributed by atoms with Crippen LogP contribution in [0, 0.1) is 11.3 Å². The van der Waals surface area contributed by atoms with Crippen LogP contribution in [0.4, 0.5) is 0 Å². The molecule has 6 heteroatoms. The van der Waals surface area contributed by atoms with Gasteiger partial charge in [0.05, 0.1) is 12.3 Å². The largest absolute Gasteiger partial charge is 0.377 e. The topological polar surface area (TPSA) is 54.7 Å². The molecular weight excluding hydrogens is 314 g/mol. The smallest absolute Gasteiger partial charge is 0.194 e. The van der Waals surface area contributed by atoms with Gasteiger partial charge in [0, 0.05) is 62.8 Å². The summed E-state index contributed by atoms with van der Waals surface area (Å²) in [6.45, 7) is 10.6. The summed E-state index contributed by atoms with van der Waals surface area (Å²) in [5.41, 5.74) is 1.52. The van der Waals surface area contributed by atoms with E-state index < -0.39 is 0 Å². The Morgan fingerprint density at radius 2 is 2.28 bits per heavy atom. The maximum absolute atomic E-state index is 5.94. The van der Waals surface area contributed by atoms with E-state index in [1.807, 2.05) is 17.9 Å². The second-order valence-corrected chi connectivity index (χ2v) is 8.36.